The van der Waals surface area contributed by atoms with Gasteiger partial charge < -0.3 is 10.6 Å². The van der Waals surface area contributed by atoms with Crippen LogP contribution in [-0.4, -0.2) is 7.05 Å². The Morgan fingerprint density at radius 1 is 1.00 bits per heavy atom. The first kappa shape index (κ1) is 11.5. The highest BCUT2D eigenvalue weighted by atomic mass is 14.9. The second-order valence-corrected chi connectivity index (χ2v) is 4.12. The molecule has 0 aliphatic carbocycles. The van der Waals surface area contributed by atoms with Crippen LogP contribution >= 0.6 is 0 Å². The highest BCUT2D eigenvalue weighted by molar-refractivity contribution is 5.51. The van der Waals surface area contributed by atoms with Crippen molar-refractivity contribution in [1.29, 1.82) is 0 Å². The van der Waals surface area contributed by atoms with Crippen LogP contribution in [0.3, 0.4) is 0 Å². The van der Waals surface area contributed by atoms with Gasteiger partial charge in [-0.05, 0) is 36.2 Å². The molecular formula is C15H18N2. The third kappa shape index (κ3) is 3.00. The molecule has 0 spiro atoms. The summed E-state index contributed by atoms with van der Waals surface area (Å²) in [5.41, 5.74) is 4.90. The van der Waals surface area contributed by atoms with Crippen LogP contribution in [-0.2, 0) is 6.54 Å². The summed E-state index contributed by atoms with van der Waals surface area (Å²) in [6.07, 6.45) is 0. The summed E-state index contributed by atoms with van der Waals surface area (Å²) in [4.78, 5) is 0. The first-order valence-electron chi connectivity index (χ1n) is 5.86. The molecule has 2 aromatic carbocycles. The molecule has 0 radical (unpaired) electrons. The standard InChI is InChI=1S/C15H18N2/c1-12-6-3-4-9-15(12)17-11-13-7-5-8-14(10-13)16-2/h3-10,16-17H,11H2,1-2H3. The quantitative estimate of drug-likeness (QED) is 0.831. The normalized spacial score (nSPS) is 10.0. The molecule has 0 bridgehead atoms. The Morgan fingerprint density at radius 3 is 2.59 bits per heavy atom. The Kier molecular flexibility index (Phi) is 3.66. The first-order chi connectivity index (χ1) is 8.29. The fourth-order valence-electron chi connectivity index (χ4n) is 1.81. The van der Waals surface area contributed by atoms with Crippen LogP contribution in [0.1, 0.15) is 11.1 Å². The molecule has 0 atom stereocenters. The Morgan fingerprint density at radius 2 is 1.82 bits per heavy atom. The van der Waals surface area contributed by atoms with Gasteiger partial charge in [-0.3, -0.25) is 0 Å². The molecular weight excluding hydrogens is 208 g/mol. The first-order valence-corrected chi connectivity index (χ1v) is 5.86. The van der Waals surface area contributed by atoms with E-state index >= 15 is 0 Å². The molecule has 0 aliphatic heterocycles. The van der Waals surface area contributed by atoms with Crippen molar-refractivity contribution in [2.75, 3.05) is 17.7 Å². The predicted octanol–water partition coefficient (Wildman–Crippen LogP) is 3.65. The number of hydrogen-bond donors (Lipinski definition) is 2. The average molecular weight is 226 g/mol. The van der Waals surface area contributed by atoms with Crippen LogP contribution in [0, 0.1) is 6.92 Å². The molecule has 0 aromatic heterocycles. The summed E-state index contributed by atoms with van der Waals surface area (Å²) in [6.45, 7) is 2.97. The topological polar surface area (TPSA) is 24.1 Å². The average Bonchev–Trinajstić information content (AvgIpc) is 2.38. The zero-order valence-electron chi connectivity index (χ0n) is 10.3. The summed E-state index contributed by atoms with van der Waals surface area (Å²) in [5, 5.41) is 6.60. The molecule has 2 nitrogen and oxygen atoms in total. The van der Waals surface area contributed by atoms with E-state index in [1.165, 1.54) is 16.8 Å². The molecule has 17 heavy (non-hydrogen) atoms. The van der Waals surface area contributed by atoms with Crippen LogP contribution in [0.5, 0.6) is 0 Å². The molecule has 2 heteroatoms. The highest BCUT2D eigenvalue weighted by Gasteiger charge is 1.97. The van der Waals surface area contributed by atoms with Crippen LogP contribution in [0.25, 0.3) is 0 Å². The Balaban J connectivity index is 2.05. The minimum atomic E-state index is 0.848. The van der Waals surface area contributed by atoms with Crippen molar-refractivity contribution in [2.24, 2.45) is 0 Å². The van der Waals surface area contributed by atoms with Gasteiger partial charge in [-0.2, -0.15) is 0 Å². The van der Waals surface area contributed by atoms with Crippen LogP contribution in [0.4, 0.5) is 11.4 Å². The van der Waals surface area contributed by atoms with Gasteiger partial charge in [0.1, 0.15) is 0 Å². The highest BCUT2D eigenvalue weighted by Crippen LogP contribution is 2.16. The fraction of sp³-hybridized carbons (Fsp3) is 0.200. The number of para-hydroxylation sites is 1. The number of benzene rings is 2. The third-order valence-electron chi connectivity index (χ3n) is 2.84. The molecule has 0 heterocycles. The third-order valence-corrected chi connectivity index (χ3v) is 2.84. The summed E-state index contributed by atoms with van der Waals surface area (Å²) < 4.78 is 0. The number of aryl methyl sites for hydroxylation is 1. The van der Waals surface area contributed by atoms with Crippen molar-refractivity contribution in [3.05, 3.63) is 59.7 Å². The van der Waals surface area contributed by atoms with Crippen molar-refractivity contribution < 1.29 is 0 Å². The van der Waals surface area contributed by atoms with Gasteiger partial charge in [-0.25, -0.2) is 0 Å². The summed E-state index contributed by atoms with van der Waals surface area (Å²) in [7, 11) is 1.94. The van der Waals surface area contributed by atoms with E-state index < -0.39 is 0 Å². The molecule has 0 amide bonds. The van der Waals surface area contributed by atoms with Gasteiger partial charge in [0, 0.05) is 25.0 Å². The zero-order valence-corrected chi connectivity index (χ0v) is 10.3. The Bertz CT molecular complexity index is 492. The Labute approximate surface area is 103 Å². The summed E-state index contributed by atoms with van der Waals surface area (Å²) in [5.74, 6) is 0. The second kappa shape index (κ2) is 5.39. The zero-order chi connectivity index (χ0) is 12.1. The summed E-state index contributed by atoms with van der Waals surface area (Å²) >= 11 is 0. The van der Waals surface area contributed by atoms with Gasteiger partial charge in [0.15, 0.2) is 0 Å². The minimum Gasteiger partial charge on any atom is -0.388 e. The van der Waals surface area contributed by atoms with Crippen molar-refractivity contribution in [1.82, 2.24) is 0 Å². The van der Waals surface area contributed by atoms with E-state index in [0.29, 0.717) is 0 Å². The van der Waals surface area contributed by atoms with Crippen molar-refractivity contribution in [3.8, 4) is 0 Å². The molecule has 2 N–H and O–H groups in total. The molecule has 0 unspecified atom stereocenters. The SMILES string of the molecule is CNc1cccc(CNc2ccccc2C)c1. The number of hydrogen-bond acceptors (Lipinski definition) is 2. The molecule has 2 rings (SSSR count). The van der Waals surface area contributed by atoms with Gasteiger partial charge in [0.05, 0.1) is 0 Å². The minimum absolute atomic E-state index is 0.848. The smallest absolute Gasteiger partial charge is 0.0401 e. The number of nitrogens with one attached hydrogen (secondary N) is 2. The largest absolute Gasteiger partial charge is 0.388 e. The second-order valence-electron chi connectivity index (χ2n) is 4.12. The molecule has 0 fully saturated rings. The monoisotopic (exact) mass is 226 g/mol. The molecule has 2 aromatic rings. The van der Waals surface area contributed by atoms with Gasteiger partial charge in [0.25, 0.3) is 0 Å². The van der Waals surface area contributed by atoms with Crippen molar-refractivity contribution >= 4 is 11.4 Å². The van der Waals surface area contributed by atoms with Crippen LogP contribution < -0.4 is 10.6 Å². The van der Waals surface area contributed by atoms with E-state index in [9.17, 15) is 0 Å². The lowest BCUT2D eigenvalue weighted by Crippen LogP contribution is -2.01. The van der Waals surface area contributed by atoms with Crippen LogP contribution in [0.2, 0.25) is 0 Å². The fourth-order valence-corrected chi connectivity index (χ4v) is 1.81. The van der Waals surface area contributed by atoms with Crippen LogP contribution in [0.15, 0.2) is 48.5 Å². The lowest BCUT2D eigenvalue weighted by Gasteiger charge is -2.10. The molecule has 0 saturated carbocycles. The number of rotatable bonds is 4. The van der Waals surface area contributed by atoms with Gasteiger partial charge in [-0.1, -0.05) is 30.3 Å². The van der Waals surface area contributed by atoms with E-state index in [4.69, 9.17) is 0 Å². The predicted molar refractivity (Wildman–Crippen MR) is 74.5 cm³/mol. The number of anilines is 2. The van der Waals surface area contributed by atoms with Gasteiger partial charge in [-0.15, -0.1) is 0 Å². The lowest BCUT2D eigenvalue weighted by molar-refractivity contribution is 1.14. The van der Waals surface area contributed by atoms with E-state index in [2.05, 4.69) is 66.1 Å². The molecule has 0 saturated heterocycles. The summed E-state index contributed by atoms with van der Waals surface area (Å²) in [6, 6.07) is 16.8. The van der Waals surface area contributed by atoms with Crippen molar-refractivity contribution in [2.45, 2.75) is 13.5 Å². The Hall–Kier alpha value is -1.96. The molecule has 0 aliphatic rings. The van der Waals surface area contributed by atoms with Crippen molar-refractivity contribution in [3.63, 3.8) is 0 Å². The van der Waals surface area contributed by atoms with Gasteiger partial charge in [0.2, 0.25) is 0 Å². The lowest BCUT2D eigenvalue weighted by atomic mass is 10.1. The maximum Gasteiger partial charge on any atom is 0.0401 e. The van der Waals surface area contributed by atoms with Gasteiger partial charge >= 0.3 is 0 Å². The maximum atomic E-state index is 3.45. The van der Waals surface area contributed by atoms with E-state index in [0.717, 1.165) is 12.2 Å². The maximum absolute atomic E-state index is 3.45. The molecule has 88 valence electrons. The van der Waals surface area contributed by atoms with E-state index in [1.54, 1.807) is 0 Å². The van der Waals surface area contributed by atoms with E-state index in [-0.39, 0.29) is 0 Å². The van der Waals surface area contributed by atoms with E-state index in [1.807, 2.05) is 7.05 Å².